The summed E-state index contributed by atoms with van der Waals surface area (Å²) in [5.74, 6) is -0.488. The van der Waals surface area contributed by atoms with Gasteiger partial charge in [-0.05, 0) is 18.4 Å². The van der Waals surface area contributed by atoms with Crippen LogP contribution in [0.1, 0.15) is 54.1 Å². The van der Waals surface area contributed by atoms with Crippen molar-refractivity contribution in [2.24, 2.45) is 0 Å². The molecule has 1 aromatic carbocycles. The molecule has 1 aromatic rings. The predicted octanol–water partition coefficient (Wildman–Crippen LogP) is 3.31. The van der Waals surface area contributed by atoms with Crippen LogP contribution in [-0.2, 0) is 16.1 Å². The zero-order valence-corrected chi connectivity index (χ0v) is 15.9. The van der Waals surface area contributed by atoms with Gasteiger partial charge >= 0.3 is 0 Å². The first-order chi connectivity index (χ1) is 12.9. The molecule has 0 radical (unpaired) electrons. The Labute approximate surface area is 159 Å². The number of ketones is 2. The molecule has 5 nitrogen and oxygen atoms in total. The Balaban J connectivity index is 2.00. The molecule has 0 bridgehead atoms. The number of hydrogen-bond donors (Lipinski definition) is 0. The molecule has 3 rings (SSSR count). The minimum atomic E-state index is -0.622. The maximum absolute atomic E-state index is 13.3. The maximum Gasteiger partial charge on any atom is 0.260 e. The summed E-state index contributed by atoms with van der Waals surface area (Å²) in [6.07, 6.45) is 1.38. The minimum absolute atomic E-state index is 0.0649. The van der Waals surface area contributed by atoms with Crippen molar-refractivity contribution in [3.8, 4) is 0 Å². The summed E-state index contributed by atoms with van der Waals surface area (Å²) in [5.41, 5.74) is 6.57. The number of allylic oxidation sites excluding steroid dienone is 1. The van der Waals surface area contributed by atoms with E-state index in [1.165, 1.54) is 4.90 Å². The fourth-order valence-corrected chi connectivity index (χ4v) is 3.78. The molecule has 1 amide bonds. The van der Waals surface area contributed by atoms with Crippen LogP contribution < -0.4 is 0 Å². The van der Waals surface area contributed by atoms with Crippen LogP contribution in [-0.4, -0.2) is 40.4 Å². The molecule has 1 unspecified atom stereocenters. The van der Waals surface area contributed by atoms with E-state index in [4.69, 9.17) is 0 Å². The van der Waals surface area contributed by atoms with Crippen molar-refractivity contribution in [1.82, 2.24) is 9.80 Å². The normalized spacial score (nSPS) is 19.2. The largest absolute Gasteiger partial charge is 0.374 e. The van der Waals surface area contributed by atoms with E-state index < -0.39 is 6.04 Å². The van der Waals surface area contributed by atoms with Gasteiger partial charge in [0.15, 0.2) is 5.78 Å². The van der Waals surface area contributed by atoms with Crippen LogP contribution in [0.3, 0.4) is 0 Å². The van der Waals surface area contributed by atoms with E-state index in [1.54, 1.807) is 0 Å². The second kappa shape index (κ2) is 7.37. The van der Waals surface area contributed by atoms with E-state index in [-0.39, 0.29) is 23.9 Å². The van der Waals surface area contributed by atoms with Gasteiger partial charge in [0, 0.05) is 31.3 Å². The first-order valence-corrected chi connectivity index (χ1v) is 9.18. The molecule has 1 saturated carbocycles. The van der Waals surface area contributed by atoms with Crippen LogP contribution in [0.5, 0.6) is 0 Å². The molecular formula is C22H24N2O3. The number of amides is 1. The third kappa shape index (κ3) is 3.26. The van der Waals surface area contributed by atoms with Crippen molar-refractivity contribution in [2.45, 2.75) is 45.2 Å². The molecule has 1 atom stereocenters. The molecule has 0 aromatic heterocycles. The third-order valence-electron chi connectivity index (χ3n) is 5.35. The fraction of sp³-hybridized carbons (Fsp3) is 0.364. The summed E-state index contributed by atoms with van der Waals surface area (Å²) in [6.45, 7) is 10.4. The maximum atomic E-state index is 13.3. The van der Waals surface area contributed by atoms with Crippen LogP contribution in [0.4, 0.5) is 0 Å². The lowest BCUT2D eigenvalue weighted by atomic mass is 9.91. The van der Waals surface area contributed by atoms with Crippen LogP contribution >= 0.6 is 0 Å². The highest BCUT2D eigenvalue weighted by Gasteiger charge is 2.43. The number of benzene rings is 1. The predicted molar refractivity (Wildman–Crippen MR) is 104 cm³/mol. The molecular weight excluding hydrogens is 340 g/mol. The van der Waals surface area contributed by atoms with Crippen LogP contribution in [0.15, 0.2) is 42.8 Å². The molecule has 1 fully saturated rings. The quantitative estimate of drug-likeness (QED) is 0.594. The number of Topliss-reactive ketones (excluding diaryl/α,β-unsaturated/α-hetero) is 2. The Morgan fingerprint density at radius 2 is 2.07 bits per heavy atom. The molecule has 5 heteroatoms. The lowest BCUT2D eigenvalue weighted by molar-refractivity contribution is -0.132. The van der Waals surface area contributed by atoms with Gasteiger partial charge in [0.2, 0.25) is 0 Å². The minimum Gasteiger partial charge on any atom is -0.374 e. The fourth-order valence-electron chi connectivity index (χ4n) is 3.78. The van der Waals surface area contributed by atoms with Crippen molar-refractivity contribution in [3.05, 3.63) is 59.5 Å². The Bertz CT molecular complexity index is 893. The van der Waals surface area contributed by atoms with Gasteiger partial charge in [-0.3, -0.25) is 19.3 Å². The highest BCUT2D eigenvalue weighted by Crippen LogP contribution is 2.38. The molecule has 0 saturated heterocycles. The summed E-state index contributed by atoms with van der Waals surface area (Å²) < 4.78 is 0. The number of rotatable bonds is 5. The Morgan fingerprint density at radius 3 is 2.70 bits per heavy atom. The van der Waals surface area contributed by atoms with Gasteiger partial charge in [0.05, 0.1) is 23.7 Å². The standard InChI is InChI=1S/C22H24N2O3/c1-5-14(3)23(4)13-15-8-7-9-17-18(6-2)24(22(27)21(15)17)19-11-10-16(25)12-20(19)26/h7-9,19H,2-3,5,10-13H2,1,4H3. The van der Waals surface area contributed by atoms with E-state index in [1.807, 2.05) is 37.1 Å². The van der Waals surface area contributed by atoms with Crippen LogP contribution in [0.2, 0.25) is 0 Å². The average molecular weight is 364 g/mol. The topological polar surface area (TPSA) is 57.7 Å². The SMILES string of the molecule is C=C=C1c2cccc(CN(C)C(=C)CC)c2C(=O)N1C1CCC(=O)CC1=O. The molecule has 1 aliphatic carbocycles. The number of fused-ring (bicyclic) bond motifs is 1. The van der Waals surface area contributed by atoms with Crippen molar-refractivity contribution >= 4 is 23.2 Å². The van der Waals surface area contributed by atoms with Crippen LogP contribution in [0, 0.1) is 0 Å². The molecule has 0 N–H and O–H groups in total. The first kappa shape index (κ1) is 18.9. The monoisotopic (exact) mass is 364 g/mol. The molecule has 0 spiro atoms. The molecule has 1 aliphatic heterocycles. The van der Waals surface area contributed by atoms with Crippen molar-refractivity contribution in [3.63, 3.8) is 0 Å². The Kier molecular flexibility index (Phi) is 5.15. The number of carbonyl (C=O) groups is 3. The van der Waals surface area contributed by atoms with Gasteiger partial charge in [-0.25, -0.2) is 0 Å². The molecule has 1 heterocycles. The molecule has 140 valence electrons. The number of nitrogens with zero attached hydrogens (tertiary/aromatic N) is 2. The smallest absolute Gasteiger partial charge is 0.260 e. The second-order valence-electron chi connectivity index (χ2n) is 7.05. The zero-order chi connectivity index (χ0) is 19.7. The number of carbonyl (C=O) groups excluding carboxylic acids is 3. The number of hydrogen-bond acceptors (Lipinski definition) is 4. The summed E-state index contributed by atoms with van der Waals surface area (Å²) in [7, 11) is 1.95. The van der Waals surface area contributed by atoms with Crippen molar-refractivity contribution in [2.75, 3.05) is 7.05 Å². The van der Waals surface area contributed by atoms with Crippen LogP contribution in [0.25, 0.3) is 5.70 Å². The van der Waals surface area contributed by atoms with E-state index in [0.29, 0.717) is 30.6 Å². The van der Waals surface area contributed by atoms with Crippen molar-refractivity contribution in [1.29, 1.82) is 0 Å². The Hall–Kier alpha value is -2.91. The van der Waals surface area contributed by atoms with Crippen molar-refractivity contribution < 1.29 is 14.4 Å². The van der Waals surface area contributed by atoms with E-state index >= 15 is 0 Å². The van der Waals surface area contributed by atoms with Gasteiger partial charge in [0.1, 0.15) is 5.78 Å². The summed E-state index contributed by atoms with van der Waals surface area (Å²) in [5, 5.41) is 0. The van der Waals surface area contributed by atoms with Gasteiger partial charge in [0.25, 0.3) is 5.91 Å². The summed E-state index contributed by atoms with van der Waals surface area (Å²) in [4.78, 5) is 40.8. The van der Waals surface area contributed by atoms with E-state index in [9.17, 15) is 14.4 Å². The average Bonchev–Trinajstić information content (AvgIpc) is 2.93. The summed E-state index contributed by atoms with van der Waals surface area (Å²) in [6, 6.07) is 5.06. The third-order valence-corrected chi connectivity index (χ3v) is 5.35. The van der Waals surface area contributed by atoms with E-state index in [2.05, 4.69) is 18.9 Å². The van der Waals surface area contributed by atoms with Gasteiger partial charge in [-0.15, -0.1) is 5.73 Å². The summed E-state index contributed by atoms with van der Waals surface area (Å²) >= 11 is 0. The van der Waals surface area contributed by atoms with E-state index in [0.717, 1.165) is 23.2 Å². The lowest BCUT2D eigenvalue weighted by Crippen LogP contribution is -2.44. The highest BCUT2D eigenvalue weighted by molar-refractivity contribution is 6.14. The second-order valence-corrected chi connectivity index (χ2v) is 7.05. The Morgan fingerprint density at radius 1 is 1.33 bits per heavy atom. The first-order valence-electron chi connectivity index (χ1n) is 9.18. The zero-order valence-electron chi connectivity index (χ0n) is 15.9. The molecule has 27 heavy (non-hydrogen) atoms. The molecule has 2 aliphatic rings. The highest BCUT2D eigenvalue weighted by atomic mass is 16.2. The van der Waals surface area contributed by atoms with Gasteiger partial charge in [-0.1, -0.05) is 38.3 Å². The lowest BCUT2D eigenvalue weighted by Gasteiger charge is -2.29. The van der Waals surface area contributed by atoms with Gasteiger partial charge in [-0.2, -0.15) is 0 Å². The van der Waals surface area contributed by atoms with Gasteiger partial charge < -0.3 is 4.90 Å².